The molecule has 1 amide bonds. The summed E-state index contributed by atoms with van der Waals surface area (Å²) >= 11 is 0.899. The molecule has 0 bridgehead atoms. The van der Waals surface area contributed by atoms with Crippen molar-refractivity contribution in [2.45, 2.75) is 64.4 Å². The predicted molar refractivity (Wildman–Crippen MR) is 164 cm³/mol. The highest BCUT2D eigenvalue weighted by molar-refractivity contribution is 7.10. The third kappa shape index (κ3) is 5.73. The van der Waals surface area contributed by atoms with Crippen LogP contribution >= 0.6 is 11.3 Å². The van der Waals surface area contributed by atoms with Crippen molar-refractivity contribution in [1.29, 1.82) is 0 Å². The first-order valence-corrected chi connectivity index (χ1v) is 15.5. The van der Waals surface area contributed by atoms with Crippen molar-refractivity contribution < 1.29 is 28.2 Å². The number of nitrogens with one attached hydrogen (secondary N) is 2. The van der Waals surface area contributed by atoms with Gasteiger partial charge in [-0.25, -0.2) is 15.0 Å². The van der Waals surface area contributed by atoms with Crippen molar-refractivity contribution in [2.75, 3.05) is 19.4 Å². The quantitative estimate of drug-likeness (QED) is 0.196. The fraction of sp³-hybridized carbons (Fsp3) is 0.533. The van der Waals surface area contributed by atoms with Gasteiger partial charge in [-0.15, -0.1) is 0 Å². The SMILES string of the molecule is CNC(=O)C12CC1C(n1cnc3c(NC)nc(C#Cc4ccc(F)s4)nc31)[C@H](OC(=O)[C@@H](N)C(C)C)[C@@H]2OC(=O)[C@@H](N)C(C)C. The molecule has 6 N–H and O–H groups in total. The molecule has 2 aliphatic carbocycles. The Kier molecular flexibility index (Phi) is 8.85. The molecule has 2 fully saturated rings. The van der Waals surface area contributed by atoms with Crippen LogP contribution in [0.3, 0.4) is 0 Å². The fourth-order valence-electron chi connectivity index (χ4n) is 5.86. The van der Waals surface area contributed by atoms with E-state index < -0.39 is 53.6 Å². The Morgan fingerprint density at radius 2 is 1.73 bits per heavy atom. The smallest absolute Gasteiger partial charge is 0.323 e. The largest absolute Gasteiger partial charge is 0.456 e. The summed E-state index contributed by atoms with van der Waals surface area (Å²) in [5.41, 5.74) is 11.9. The third-order valence-corrected chi connectivity index (χ3v) is 9.38. The van der Waals surface area contributed by atoms with Gasteiger partial charge in [0.2, 0.25) is 11.7 Å². The molecule has 0 aliphatic heterocycles. The Bertz CT molecular complexity index is 1700. The first kappa shape index (κ1) is 32.3. The molecule has 240 valence electrons. The van der Waals surface area contributed by atoms with Gasteiger partial charge in [0.1, 0.15) is 12.1 Å². The highest BCUT2D eigenvalue weighted by Crippen LogP contribution is 2.69. The number of aromatic nitrogens is 4. The summed E-state index contributed by atoms with van der Waals surface area (Å²) in [6.07, 6.45) is -0.423. The molecule has 15 heteroatoms. The van der Waals surface area contributed by atoms with Crippen LogP contribution in [-0.4, -0.2) is 75.8 Å². The fourth-order valence-corrected chi connectivity index (χ4v) is 6.45. The lowest BCUT2D eigenvalue weighted by Crippen LogP contribution is -2.50. The van der Waals surface area contributed by atoms with Crippen LogP contribution in [0.15, 0.2) is 18.5 Å². The lowest BCUT2D eigenvalue weighted by molar-refractivity contribution is -0.177. The van der Waals surface area contributed by atoms with Gasteiger partial charge in [-0.05, 0) is 42.2 Å². The van der Waals surface area contributed by atoms with Gasteiger partial charge < -0.3 is 36.1 Å². The Morgan fingerprint density at radius 3 is 2.31 bits per heavy atom. The molecule has 3 heterocycles. The maximum absolute atomic E-state index is 13.5. The summed E-state index contributed by atoms with van der Waals surface area (Å²) in [5, 5.41) is 5.33. The Balaban J connectivity index is 1.64. The van der Waals surface area contributed by atoms with Gasteiger partial charge in [0.15, 0.2) is 34.3 Å². The zero-order chi connectivity index (χ0) is 32.8. The van der Waals surface area contributed by atoms with E-state index in [1.165, 1.54) is 19.4 Å². The summed E-state index contributed by atoms with van der Waals surface area (Å²) in [6.45, 7) is 7.13. The minimum Gasteiger partial charge on any atom is -0.456 e. The predicted octanol–water partition coefficient (Wildman–Crippen LogP) is 1.57. The van der Waals surface area contributed by atoms with Crippen LogP contribution in [-0.2, 0) is 23.9 Å². The third-order valence-electron chi connectivity index (χ3n) is 8.59. The molecule has 2 saturated carbocycles. The van der Waals surface area contributed by atoms with Crippen LogP contribution in [0.1, 0.15) is 50.9 Å². The number of ether oxygens (including phenoxy) is 2. The van der Waals surface area contributed by atoms with E-state index in [4.69, 9.17) is 20.9 Å². The normalized spacial score (nSPS) is 24.9. The van der Waals surface area contributed by atoms with Crippen molar-refractivity contribution in [2.24, 2.45) is 34.6 Å². The molecular formula is C30H37FN8O5S. The molecule has 3 aromatic rings. The summed E-state index contributed by atoms with van der Waals surface area (Å²) in [6, 6.07) is 0.234. The second kappa shape index (κ2) is 12.3. The molecular weight excluding hydrogens is 603 g/mol. The van der Waals surface area contributed by atoms with Gasteiger partial charge in [-0.2, -0.15) is 4.39 Å². The number of carbonyl (C=O) groups excluding carboxylic acids is 3. The van der Waals surface area contributed by atoms with E-state index in [1.807, 2.05) is 0 Å². The number of nitrogens with zero attached hydrogens (tertiary/aromatic N) is 4. The number of hydrogen-bond acceptors (Lipinski definition) is 12. The van der Waals surface area contributed by atoms with E-state index in [0.29, 0.717) is 28.3 Å². The van der Waals surface area contributed by atoms with Crippen LogP contribution in [0.2, 0.25) is 0 Å². The number of thiophene rings is 1. The monoisotopic (exact) mass is 640 g/mol. The van der Waals surface area contributed by atoms with E-state index in [1.54, 1.807) is 45.4 Å². The van der Waals surface area contributed by atoms with Crippen LogP contribution in [0.5, 0.6) is 0 Å². The number of amides is 1. The highest BCUT2D eigenvalue weighted by atomic mass is 32.1. The Hall–Kier alpha value is -4.13. The van der Waals surface area contributed by atoms with Crippen LogP contribution in [0, 0.1) is 40.1 Å². The summed E-state index contributed by atoms with van der Waals surface area (Å²) in [5.74, 6) is 3.59. The molecule has 13 nitrogen and oxygen atoms in total. The summed E-state index contributed by atoms with van der Waals surface area (Å²) < 4.78 is 27.3. The maximum Gasteiger partial charge on any atom is 0.323 e. The van der Waals surface area contributed by atoms with Crippen molar-refractivity contribution in [3.05, 3.63) is 34.3 Å². The first-order chi connectivity index (χ1) is 21.3. The zero-order valence-corrected chi connectivity index (χ0v) is 26.6. The molecule has 0 aromatic carbocycles. The topological polar surface area (TPSA) is 189 Å². The van der Waals surface area contributed by atoms with Crippen molar-refractivity contribution in [1.82, 2.24) is 24.8 Å². The number of hydrogen-bond donors (Lipinski definition) is 4. The average molecular weight is 641 g/mol. The molecule has 7 atom stereocenters. The molecule has 45 heavy (non-hydrogen) atoms. The maximum atomic E-state index is 13.5. The number of anilines is 1. The number of imidazole rings is 1. The number of esters is 2. The Morgan fingerprint density at radius 1 is 1.07 bits per heavy atom. The number of halogens is 1. The molecule has 5 rings (SSSR count). The molecule has 2 aliphatic rings. The minimum atomic E-state index is -1.19. The second-order valence-electron chi connectivity index (χ2n) is 12.0. The van der Waals surface area contributed by atoms with E-state index >= 15 is 0 Å². The van der Waals surface area contributed by atoms with Crippen LogP contribution in [0.25, 0.3) is 11.2 Å². The van der Waals surface area contributed by atoms with Crippen LogP contribution in [0.4, 0.5) is 10.2 Å². The zero-order valence-electron chi connectivity index (χ0n) is 25.8. The second-order valence-corrected chi connectivity index (χ2v) is 13.1. The van der Waals surface area contributed by atoms with Crippen molar-refractivity contribution in [3.63, 3.8) is 0 Å². The number of fused-ring (bicyclic) bond motifs is 2. The van der Waals surface area contributed by atoms with E-state index in [9.17, 15) is 18.8 Å². The summed E-state index contributed by atoms with van der Waals surface area (Å²) in [7, 11) is 3.17. The van der Waals surface area contributed by atoms with Gasteiger partial charge in [0.25, 0.3) is 0 Å². The standard InChI is InChI=1S/C30H37FN8O5S/c1-13(2)19(32)27(40)43-23-22(16-11-30(16,29(42)35-6)24(23)44-28(41)20(33)14(3)4)39-12-36-21-25(34-5)37-18(38-26(21)39)10-8-15-7-9-17(31)45-15/h7,9,12-14,16,19-20,22-24H,11,32-33H2,1-6H3,(H,35,42)(H,34,37,38)/t16?,19-,20-,22?,23-,24-,30?/m0/s1. The van der Waals surface area contributed by atoms with Crippen molar-refractivity contribution >= 4 is 46.2 Å². The van der Waals surface area contributed by atoms with Crippen molar-refractivity contribution in [3.8, 4) is 11.8 Å². The van der Waals surface area contributed by atoms with Gasteiger partial charge >= 0.3 is 11.9 Å². The Labute approximate surface area is 263 Å². The first-order valence-electron chi connectivity index (χ1n) is 14.7. The number of rotatable bonds is 9. The number of carbonyl (C=O) groups is 3. The lowest BCUT2D eigenvalue weighted by Gasteiger charge is -2.32. The van der Waals surface area contributed by atoms with E-state index in [2.05, 4.69) is 37.4 Å². The average Bonchev–Trinajstić information content (AvgIpc) is 3.24. The van der Waals surface area contributed by atoms with Crippen LogP contribution < -0.4 is 22.1 Å². The van der Waals surface area contributed by atoms with E-state index in [0.717, 1.165) is 11.3 Å². The molecule has 0 saturated heterocycles. The molecule has 3 aromatic heterocycles. The minimum absolute atomic E-state index is 0.134. The number of nitrogens with two attached hydrogens (primary N) is 2. The molecule has 0 spiro atoms. The molecule has 3 unspecified atom stereocenters. The van der Waals surface area contributed by atoms with Gasteiger partial charge in [0, 0.05) is 20.0 Å². The van der Waals surface area contributed by atoms with Gasteiger partial charge in [-0.1, -0.05) is 39.0 Å². The van der Waals surface area contributed by atoms with Gasteiger partial charge in [0.05, 0.1) is 22.7 Å². The summed E-state index contributed by atoms with van der Waals surface area (Å²) in [4.78, 5) is 54.2. The lowest BCUT2D eigenvalue weighted by atomic mass is 9.96. The molecule has 0 radical (unpaired) electrons. The van der Waals surface area contributed by atoms with E-state index in [-0.39, 0.29) is 28.7 Å². The van der Waals surface area contributed by atoms with Gasteiger partial charge in [-0.3, -0.25) is 14.4 Å². The highest BCUT2D eigenvalue weighted by Gasteiger charge is 2.78.